The van der Waals surface area contributed by atoms with Crippen LogP contribution in [0.4, 0.5) is 4.79 Å². The van der Waals surface area contributed by atoms with Gasteiger partial charge in [0.05, 0.1) is 4.91 Å². The van der Waals surface area contributed by atoms with Crippen LogP contribution in [-0.4, -0.2) is 32.2 Å². The van der Waals surface area contributed by atoms with Gasteiger partial charge in [-0.1, -0.05) is 54.1 Å². The zero-order valence-electron chi connectivity index (χ0n) is 11.9. The molecule has 0 aromatic heterocycles. The van der Waals surface area contributed by atoms with Crippen molar-refractivity contribution in [3.05, 3.63) is 39.2 Å². The standard InChI is InChI=1S/C15H14BrNO3S2/c1-8(2)12(14(18)19)17-13(21)11(22-15(17)20)7-9-3-5-10(16)6-4-9/h3-8,12H,1-2H3,(H,18,19)/b11-7+/t12-/m1/s1. The second-order valence-electron chi connectivity index (χ2n) is 5.13. The van der Waals surface area contributed by atoms with E-state index in [1.807, 2.05) is 24.3 Å². The van der Waals surface area contributed by atoms with Crippen molar-refractivity contribution in [3.8, 4) is 0 Å². The van der Waals surface area contributed by atoms with Gasteiger partial charge in [-0.3, -0.25) is 9.69 Å². The molecule has 1 fully saturated rings. The summed E-state index contributed by atoms with van der Waals surface area (Å²) < 4.78 is 0.958. The normalized spacial score (nSPS) is 18.4. The van der Waals surface area contributed by atoms with E-state index in [2.05, 4.69) is 15.9 Å². The number of hydrogen-bond acceptors (Lipinski definition) is 4. The fourth-order valence-corrected chi connectivity index (χ4v) is 3.70. The number of carboxylic acid groups (broad SMARTS) is 1. The van der Waals surface area contributed by atoms with Gasteiger partial charge in [0.1, 0.15) is 11.0 Å². The van der Waals surface area contributed by atoms with E-state index in [-0.39, 0.29) is 16.1 Å². The largest absolute Gasteiger partial charge is 0.480 e. The van der Waals surface area contributed by atoms with Crippen LogP contribution in [0.15, 0.2) is 33.6 Å². The number of halogens is 1. The van der Waals surface area contributed by atoms with Crippen LogP contribution in [0, 0.1) is 5.92 Å². The minimum Gasteiger partial charge on any atom is -0.480 e. The number of carboxylic acids is 1. The van der Waals surface area contributed by atoms with Crippen molar-refractivity contribution in [1.29, 1.82) is 0 Å². The van der Waals surface area contributed by atoms with Crippen LogP contribution in [0.2, 0.25) is 0 Å². The van der Waals surface area contributed by atoms with Gasteiger partial charge in [-0.15, -0.1) is 0 Å². The summed E-state index contributed by atoms with van der Waals surface area (Å²) in [6.07, 6.45) is 1.80. The molecule has 0 saturated carbocycles. The molecule has 1 saturated heterocycles. The van der Waals surface area contributed by atoms with Crippen molar-refractivity contribution in [2.24, 2.45) is 5.92 Å². The SMILES string of the molecule is CC(C)[C@H](C(=O)O)N1C(=O)S/C(=C/c2ccc(Br)cc2)C1=S. The maximum absolute atomic E-state index is 12.2. The number of carbonyl (C=O) groups excluding carboxylic acids is 1. The van der Waals surface area contributed by atoms with Crippen molar-refractivity contribution in [3.63, 3.8) is 0 Å². The Morgan fingerprint density at radius 1 is 1.36 bits per heavy atom. The highest BCUT2D eigenvalue weighted by molar-refractivity contribution is 9.10. The van der Waals surface area contributed by atoms with Crippen LogP contribution >= 0.6 is 39.9 Å². The second-order valence-corrected chi connectivity index (χ2v) is 7.43. The summed E-state index contributed by atoms with van der Waals surface area (Å²) in [7, 11) is 0. The van der Waals surface area contributed by atoms with E-state index in [1.165, 1.54) is 4.90 Å². The molecule has 1 amide bonds. The summed E-state index contributed by atoms with van der Waals surface area (Å²) in [6, 6.07) is 6.63. The van der Waals surface area contributed by atoms with Crippen molar-refractivity contribution >= 4 is 62.2 Å². The van der Waals surface area contributed by atoms with Gasteiger partial charge in [-0.05, 0) is 41.5 Å². The first-order chi connectivity index (χ1) is 10.3. The molecule has 1 atom stereocenters. The Bertz CT molecular complexity index is 655. The van der Waals surface area contributed by atoms with Crippen molar-refractivity contribution in [1.82, 2.24) is 4.90 Å². The quantitative estimate of drug-likeness (QED) is 0.600. The van der Waals surface area contributed by atoms with Crippen molar-refractivity contribution in [2.45, 2.75) is 19.9 Å². The molecule has 0 radical (unpaired) electrons. The fraction of sp³-hybridized carbons (Fsp3) is 0.267. The number of thiocarbonyl (C=S) groups is 1. The Balaban J connectivity index is 2.32. The first-order valence-corrected chi connectivity index (χ1v) is 8.58. The van der Waals surface area contributed by atoms with E-state index in [9.17, 15) is 14.7 Å². The number of benzene rings is 1. The number of carbonyl (C=O) groups is 2. The third kappa shape index (κ3) is 3.59. The smallest absolute Gasteiger partial charge is 0.327 e. The predicted molar refractivity (Wildman–Crippen MR) is 95.8 cm³/mol. The summed E-state index contributed by atoms with van der Waals surface area (Å²) in [4.78, 5) is 25.7. The number of aliphatic carboxylic acids is 1. The van der Waals surface area contributed by atoms with Crippen LogP contribution in [0.1, 0.15) is 19.4 Å². The molecule has 4 nitrogen and oxygen atoms in total. The molecule has 0 unspecified atom stereocenters. The lowest BCUT2D eigenvalue weighted by molar-refractivity contribution is -0.142. The molecule has 116 valence electrons. The van der Waals surface area contributed by atoms with Crippen LogP contribution in [-0.2, 0) is 4.79 Å². The van der Waals surface area contributed by atoms with Crippen LogP contribution in [0.5, 0.6) is 0 Å². The predicted octanol–water partition coefficient (Wildman–Crippen LogP) is 4.40. The Morgan fingerprint density at radius 2 is 1.95 bits per heavy atom. The van der Waals surface area contributed by atoms with E-state index in [0.717, 1.165) is 21.8 Å². The fourth-order valence-electron chi connectivity index (χ4n) is 2.12. The van der Waals surface area contributed by atoms with E-state index in [0.29, 0.717) is 4.91 Å². The highest BCUT2D eigenvalue weighted by atomic mass is 79.9. The molecule has 1 aromatic carbocycles. The topological polar surface area (TPSA) is 57.6 Å². The average molecular weight is 400 g/mol. The van der Waals surface area contributed by atoms with E-state index in [1.54, 1.807) is 19.9 Å². The van der Waals surface area contributed by atoms with Gasteiger partial charge >= 0.3 is 5.97 Å². The lowest BCUT2D eigenvalue weighted by Gasteiger charge is -2.26. The van der Waals surface area contributed by atoms with Crippen LogP contribution in [0.25, 0.3) is 6.08 Å². The van der Waals surface area contributed by atoms with Crippen LogP contribution in [0.3, 0.4) is 0 Å². The number of hydrogen-bond donors (Lipinski definition) is 1. The van der Waals surface area contributed by atoms with Gasteiger partial charge in [0.25, 0.3) is 5.24 Å². The zero-order chi connectivity index (χ0) is 16.4. The lowest BCUT2D eigenvalue weighted by atomic mass is 10.0. The number of amides is 1. The molecule has 1 aliphatic heterocycles. The molecule has 22 heavy (non-hydrogen) atoms. The molecule has 0 bridgehead atoms. The summed E-state index contributed by atoms with van der Waals surface area (Å²) in [5, 5.41) is 9.02. The third-order valence-electron chi connectivity index (χ3n) is 3.15. The Hall–Kier alpha value is -1.18. The van der Waals surface area contributed by atoms with E-state index in [4.69, 9.17) is 12.2 Å². The molecule has 0 spiro atoms. The average Bonchev–Trinajstić information content (AvgIpc) is 2.69. The Kier molecular flexibility index (Phi) is 5.41. The number of rotatable bonds is 4. The van der Waals surface area contributed by atoms with E-state index >= 15 is 0 Å². The maximum atomic E-state index is 12.2. The van der Waals surface area contributed by atoms with Gasteiger partial charge in [0.15, 0.2) is 0 Å². The highest BCUT2D eigenvalue weighted by Gasteiger charge is 2.41. The maximum Gasteiger partial charge on any atom is 0.327 e. The number of nitrogens with zero attached hydrogens (tertiary/aromatic N) is 1. The van der Waals surface area contributed by atoms with Crippen molar-refractivity contribution < 1.29 is 14.7 Å². The van der Waals surface area contributed by atoms with Gasteiger partial charge in [0, 0.05) is 4.47 Å². The monoisotopic (exact) mass is 399 g/mol. The van der Waals surface area contributed by atoms with Crippen LogP contribution < -0.4 is 0 Å². The Labute approximate surface area is 146 Å². The summed E-state index contributed by atoms with van der Waals surface area (Å²) in [5.74, 6) is -1.27. The molecule has 7 heteroatoms. The molecule has 1 aromatic rings. The molecular formula is C15H14BrNO3S2. The molecule has 1 heterocycles. The molecular weight excluding hydrogens is 386 g/mol. The summed E-state index contributed by atoms with van der Waals surface area (Å²) >= 11 is 9.66. The summed E-state index contributed by atoms with van der Waals surface area (Å²) in [6.45, 7) is 3.52. The van der Waals surface area contributed by atoms with E-state index < -0.39 is 12.0 Å². The molecule has 1 N–H and O–H groups in total. The van der Waals surface area contributed by atoms with Gasteiger partial charge in [-0.2, -0.15) is 0 Å². The van der Waals surface area contributed by atoms with Crippen molar-refractivity contribution in [2.75, 3.05) is 0 Å². The lowest BCUT2D eigenvalue weighted by Crippen LogP contribution is -2.46. The number of thioether (sulfide) groups is 1. The highest BCUT2D eigenvalue weighted by Crippen LogP contribution is 2.36. The van der Waals surface area contributed by atoms with Gasteiger partial charge < -0.3 is 5.11 Å². The molecule has 0 aliphatic carbocycles. The molecule has 1 aliphatic rings. The minimum atomic E-state index is -1.05. The first-order valence-electron chi connectivity index (χ1n) is 6.56. The summed E-state index contributed by atoms with van der Waals surface area (Å²) in [5.41, 5.74) is 0.902. The second kappa shape index (κ2) is 6.93. The zero-order valence-corrected chi connectivity index (χ0v) is 15.2. The minimum absolute atomic E-state index is 0.230. The Morgan fingerprint density at radius 3 is 2.45 bits per heavy atom. The van der Waals surface area contributed by atoms with Gasteiger partial charge in [-0.25, -0.2) is 4.79 Å². The van der Waals surface area contributed by atoms with Gasteiger partial charge in [0.2, 0.25) is 0 Å². The molecule has 2 rings (SSSR count). The third-order valence-corrected chi connectivity index (χ3v) is 5.13. The first kappa shape index (κ1) is 17.2.